The maximum atomic E-state index is 12.3. The molecule has 34 heavy (non-hydrogen) atoms. The van der Waals surface area contributed by atoms with Crippen LogP contribution in [0.15, 0.2) is 53.1 Å². The van der Waals surface area contributed by atoms with Gasteiger partial charge in [0.1, 0.15) is 5.75 Å². The molecule has 0 atom stereocenters. The number of rotatable bonds is 15. The first kappa shape index (κ1) is 25.5. The van der Waals surface area contributed by atoms with Gasteiger partial charge in [0.15, 0.2) is 0 Å². The summed E-state index contributed by atoms with van der Waals surface area (Å²) in [6.45, 7) is 5.53. The molecule has 0 aliphatic carbocycles. The fraction of sp³-hybridized carbons (Fsp3) is 0.464. The summed E-state index contributed by atoms with van der Waals surface area (Å²) in [7, 11) is 0. The Bertz CT molecular complexity index is 980. The molecule has 0 aliphatic heterocycles. The van der Waals surface area contributed by atoms with Crippen molar-refractivity contribution in [3.05, 3.63) is 54.1 Å². The molecule has 1 aromatic heterocycles. The van der Waals surface area contributed by atoms with Gasteiger partial charge >= 0.3 is 5.97 Å². The molecular weight excluding hydrogens is 428 g/mol. The van der Waals surface area contributed by atoms with Gasteiger partial charge in [-0.1, -0.05) is 63.9 Å². The number of carbonyl (C=O) groups excluding carboxylic acids is 1. The van der Waals surface area contributed by atoms with Crippen molar-refractivity contribution < 1.29 is 18.8 Å². The lowest BCUT2D eigenvalue weighted by Gasteiger charge is -2.05. The SMILES string of the molecule is CCCCCCCCCOC(=O)c1ccc(-c2nc(-c3ccc(OCCCC)cc3)no2)cc1. The van der Waals surface area contributed by atoms with Crippen LogP contribution in [0, 0.1) is 0 Å². The Morgan fingerprint density at radius 3 is 2.12 bits per heavy atom. The molecule has 0 aliphatic rings. The van der Waals surface area contributed by atoms with Crippen molar-refractivity contribution in [3.8, 4) is 28.6 Å². The predicted octanol–water partition coefficient (Wildman–Crippen LogP) is 7.49. The van der Waals surface area contributed by atoms with Crippen LogP contribution in [-0.4, -0.2) is 29.3 Å². The van der Waals surface area contributed by atoms with Crippen LogP contribution in [-0.2, 0) is 4.74 Å². The minimum Gasteiger partial charge on any atom is -0.494 e. The van der Waals surface area contributed by atoms with Crippen LogP contribution in [0.3, 0.4) is 0 Å². The van der Waals surface area contributed by atoms with Crippen molar-refractivity contribution in [2.75, 3.05) is 13.2 Å². The first-order chi connectivity index (χ1) is 16.7. The van der Waals surface area contributed by atoms with Crippen LogP contribution in [0.1, 0.15) is 82.0 Å². The zero-order valence-electron chi connectivity index (χ0n) is 20.4. The molecule has 0 saturated heterocycles. The third kappa shape index (κ3) is 8.01. The summed E-state index contributed by atoms with van der Waals surface area (Å²) in [5.74, 6) is 1.44. The second-order valence-electron chi connectivity index (χ2n) is 8.48. The van der Waals surface area contributed by atoms with Crippen LogP contribution in [0.2, 0.25) is 0 Å². The summed E-state index contributed by atoms with van der Waals surface area (Å²) in [6, 6.07) is 14.7. The highest BCUT2D eigenvalue weighted by Crippen LogP contribution is 2.24. The Labute approximate surface area is 202 Å². The number of nitrogens with zero attached hydrogens (tertiary/aromatic N) is 2. The molecule has 0 fully saturated rings. The van der Waals surface area contributed by atoms with Gasteiger partial charge in [0.25, 0.3) is 5.89 Å². The summed E-state index contributed by atoms with van der Waals surface area (Å²) in [5.41, 5.74) is 2.12. The van der Waals surface area contributed by atoms with E-state index in [1.54, 1.807) is 24.3 Å². The van der Waals surface area contributed by atoms with Gasteiger partial charge in [0.2, 0.25) is 5.82 Å². The van der Waals surface area contributed by atoms with Crippen molar-refractivity contribution in [3.63, 3.8) is 0 Å². The van der Waals surface area contributed by atoms with E-state index in [9.17, 15) is 4.79 Å². The minimum atomic E-state index is -0.301. The van der Waals surface area contributed by atoms with E-state index < -0.39 is 0 Å². The molecule has 0 amide bonds. The second-order valence-corrected chi connectivity index (χ2v) is 8.48. The molecule has 0 saturated carbocycles. The Morgan fingerprint density at radius 2 is 1.41 bits per heavy atom. The molecular formula is C28H36N2O4. The Kier molecular flexibility index (Phi) is 10.6. The summed E-state index contributed by atoms with van der Waals surface area (Å²) in [4.78, 5) is 16.8. The van der Waals surface area contributed by atoms with Crippen LogP contribution >= 0.6 is 0 Å². The average molecular weight is 465 g/mol. The lowest BCUT2D eigenvalue weighted by Crippen LogP contribution is -2.06. The molecule has 2 aromatic carbocycles. The number of esters is 1. The van der Waals surface area contributed by atoms with Crippen molar-refractivity contribution in [1.29, 1.82) is 0 Å². The van der Waals surface area contributed by atoms with Gasteiger partial charge in [-0.15, -0.1) is 0 Å². The number of hydrogen-bond donors (Lipinski definition) is 0. The second kappa shape index (κ2) is 14.2. The van der Waals surface area contributed by atoms with Crippen molar-refractivity contribution >= 4 is 5.97 Å². The van der Waals surface area contributed by atoms with Crippen LogP contribution < -0.4 is 4.74 Å². The molecule has 3 aromatic rings. The molecule has 0 radical (unpaired) electrons. The molecule has 3 rings (SSSR count). The van der Waals surface area contributed by atoms with E-state index in [4.69, 9.17) is 14.0 Å². The van der Waals surface area contributed by atoms with Gasteiger partial charge in [0, 0.05) is 11.1 Å². The molecule has 0 unspecified atom stereocenters. The number of benzene rings is 2. The van der Waals surface area contributed by atoms with E-state index >= 15 is 0 Å². The number of carbonyl (C=O) groups is 1. The van der Waals surface area contributed by atoms with Gasteiger partial charge in [-0.25, -0.2) is 4.79 Å². The summed E-state index contributed by atoms with van der Waals surface area (Å²) in [6.07, 6.45) is 10.5. The highest BCUT2D eigenvalue weighted by molar-refractivity contribution is 5.89. The molecule has 6 heteroatoms. The summed E-state index contributed by atoms with van der Waals surface area (Å²) < 4.78 is 16.5. The maximum absolute atomic E-state index is 12.3. The van der Waals surface area contributed by atoms with Crippen molar-refractivity contribution in [2.24, 2.45) is 0 Å². The van der Waals surface area contributed by atoms with Crippen molar-refractivity contribution in [2.45, 2.75) is 71.6 Å². The zero-order valence-corrected chi connectivity index (χ0v) is 20.4. The van der Waals surface area contributed by atoms with Gasteiger partial charge in [0.05, 0.1) is 18.8 Å². The molecule has 0 spiro atoms. The quantitative estimate of drug-likeness (QED) is 0.171. The van der Waals surface area contributed by atoms with E-state index in [2.05, 4.69) is 24.0 Å². The minimum absolute atomic E-state index is 0.301. The van der Waals surface area contributed by atoms with Gasteiger partial charge in [-0.2, -0.15) is 4.98 Å². The summed E-state index contributed by atoms with van der Waals surface area (Å²) in [5, 5.41) is 4.09. The van der Waals surface area contributed by atoms with E-state index in [-0.39, 0.29) is 5.97 Å². The maximum Gasteiger partial charge on any atom is 0.338 e. The Morgan fingerprint density at radius 1 is 0.765 bits per heavy atom. The van der Waals surface area contributed by atoms with Gasteiger partial charge in [-0.3, -0.25) is 0 Å². The first-order valence-electron chi connectivity index (χ1n) is 12.6. The summed E-state index contributed by atoms with van der Waals surface area (Å²) >= 11 is 0. The van der Waals surface area contributed by atoms with Gasteiger partial charge < -0.3 is 14.0 Å². The molecule has 1 heterocycles. The van der Waals surface area contributed by atoms with E-state index in [0.29, 0.717) is 30.5 Å². The number of aromatic nitrogens is 2. The van der Waals surface area contributed by atoms with E-state index in [1.807, 2.05) is 24.3 Å². The van der Waals surface area contributed by atoms with Crippen LogP contribution in [0.4, 0.5) is 0 Å². The largest absolute Gasteiger partial charge is 0.494 e. The lowest BCUT2D eigenvalue weighted by molar-refractivity contribution is 0.0497. The first-order valence-corrected chi connectivity index (χ1v) is 12.6. The fourth-order valence-electron chi connectivity index (χ4n) is 3.55. The van der Waals surface area contributed by atoms with Crippen LogP contribution in [0.25, 0.3) is 22.8 Å². The standard InChI is InChI=1S/C28H36N2O4/c1-3-5-7-8-9-10-11-21-33-28(31)24-14-12-23(13-15-24)27-29-26(30-34-27)22-16-18-25(19-17-22)32-20-6-4-2/h12-19H,3-11,20-21H2,1-2H3. The lowest BCUT2D eigenvalue weighted by atomic mass is 10.1. The smallest absolute Gasteiger partial charge is 0.338 e. The molecule has 182 valence electrons. The normalized spacial score (nSPS) is 10.9. The Hall–Kier alpha value is -3.15. The topological polar surface area (TPSA) is 74.5 Å². The third-order valence-corrected chi connectivity index (χ3v) is 5.65. The van der Waals surface area contributed by atoms with E-state index in [1.165, 1.54) is 32.1 Å². The third-order valence-electron chi connectivity index (χ3n) is 5.65. The highest BCUT2D eigenvalue weighted by Gasteiger charge is 2.13. The zero-order chi connectivity index (χ0) is 24.0. The predicted molar refractivity (Wildman–Crippen MR) is 134 cm³/mol. The van der Waals surface area contributed by atoms with Gasteiger partial charge in [-0.05, 0) is 61.4 Å². The van der Waals surface area contributed by atoms with E-state index in [0.717, 1.165) is 42.6 Å². The Balaban J connectivity index is 1.47. The highest BCUT2D eigenvalue weighted by atomic mass is 16.5. The monoisotopic (exact) mass is 464 g/mol. The number of ether oxygens (including phenoxy) is 2. The number of unbranched alkanes of at least 4 members (excludes halogenated alkanes) is 7. The average Bonchev–Trinajstić information content (AvgIpc) is 3.36. The number of hydrogen-bond acceptors (Lipinski definition) is 6. The molecule has 0 N–H and O–H groups in total. The van der Waals surface area contributed by atoms with Crippen LogP contribution in [0.5, 0.6) is 5.75 Å². The molecule has 0 bridgehead atoms. The van der Waals surface area contributed by atoms with Crippen molar-refractivity contribution in [1.82, 2.24) is 10.1 Å². The molecule has 6 nitrogen and oxygen atoms in total. The fourth-order valence-corrected chi connectivity index (χ4v) is 3.55.